The summed E-state index contributed by atoms with van der Waals surface area (Å²) in [7, 11) is 0. The molecule has 1 aliphatic carbocycles. The molecule has 0 aromatic heterocycles. The Balaban J connectivity index is 1.52. The first-order valence-corrected chi connectivity index (χ1v) is 7.10. The molecule has 0 radical (unpaired) electrons. The van der Waals surface area contributed by atoms with Crippen molar-refractivity contribution in [2.75, 3.05) is 19.8 Å². The molecule has 18 heavy (non-hydrogen) atoms. The van der Waals surface area contributed by atoms with Crippen molar-refractivity contribution >= 4 is 0 Å². The summed E-state index contributed by atoms with van der Waals surface area (Å²) >= 11 is 0. The van der Waals surface area contributed by atoms with Gasteiger partial charge in [-0.1, -0.05) is 18.2 Å². The summed E-state index contributed by atoms with van der Waals surface area (Å²) in [5, 5.41) is 3.47. The van der Waals surface area contributed by atoms with Gasteiger partial charge in [0.2, 0.25) is 0 Å². The smallest absolute Gasteiger partial charge is 0.0494 e. The fourth-order valence-corrected chi connectivity index (χ4v) is 1.98. The lowest BCUT2D eigenvalue weighted by atomic mass is 10.1. The van der Waals surface area contributed by atoms with Crippen LogP contribution in [0.5, 0.6) is 0 Å². The molecule has 0 saturated heterocycles. The Hall–Kier alpha value is -0.860. The van der Waals surface area contributed by atoms with Crippen LogP contribution in [0.1, 0.15) is 36.0 Å². The Morgan fingerprint density at radius 2 is 2.06 bits per heavy atom. The van der Waals surface area contributed by atoms with Gasteiger partial charge in [0.05, 0.1) is 0 Å². The molecule has 1 fully saturated rings. The highest BCUT2D eigenvalue weighted by atomic mass is 16.5. The predicted molar refractivity (Wildman–Crippen MR) is 75.8 cm³/mol. The van der Waals surface area contributed by atoms with Gasteiger partial charge in [0.25, 0.3) is 0 Å². The molecule has 0 bridgehead atoms. The summed E-state index contributed by atoms with van der Waals surface area (Å²) < 4.78 is 5.60. The Bertz CT molecular complexity index is 371. The van der Waals surface area contributed by atoms with Crippen LogP contribution < -0.4 is 5.32 Å². The van der Waals surface area contributed by atoms with Crippen LogP contribution in [-0.4, -0.2) is 19.8 Å². The number of benzene rings is 1. The fraction of sp³-hybridized carbons (Fsp3) is 0.625. The third-order valence-electron chi connectivity index (χ3n) is 3.59. The highest BCUT2D eigenvalue weighted by Crippen LogP contribution is 2.28. The van der Waals surface area contributed by atoms with Crippen molar-refractivity contribution in [2.24, 2.45) is 5.92 Å². The predicted octanol–water partition coefficient (Wildman–Crippen LogP) is 3.21. The van der Waals surface area contributed by atoms with Crippen LogP contribution in [0, 0.1) is 19.8 Å². The summed E-state index contributed by atoms with van der Waals surface area (Å²) in [5.41, 5.74) is 4.12. The van der Waals surface area contributed by atoms with E-state index in [9.17, 15) is 0 Å². The molecule has 2 heteroatoms. The number of nitrogens with one attached hydrogen (secondary N) is 1. The Morgan fingerprint density at radius 1 is 1.22 bits per heavy atom. The summed E-state index contributed by atoms with van der Waals surface area (Å²) in [5.74, 6) is 0.883. The second-order valence-corrected chi connectivity index (χ2v) is 5.47. The van der Waals surface area contributed by atoms with Crippen LogP contribution in [0.4, 0.5) is 0 Å². The number of hydrogen-bond acceptors (Lipinski definition) is 2. The van der Waals surface area contributed by atoms with Crippen molar-refractivity contribution in [3.05, 3.63) is 34.9 Å². The molecular formula is C16H25NO. The van der Waals surface area contributed by atoms with Crippen molar-refractivity contribution in [3.63, 3.8) is 0 Å². The topological polar surface area (TPSA) is 21.3 Å². The molecule has 2 rings (SSSR count). The average molecular weight is 247 g/mol. The molecule has 1 aromatic carbocycles. The van der Waals surface area contributed by atoms with Gasteiger partial charge >= 0.3 is 0 Å². The number of hydrogen-bond donors (Lipinski definition) is 1. The minimum atomic E-state index is 0.883. The molecule has 0 atom stereocenters. The molecule has 0 aliphatic heterocycles. The molecule has 0 heterocycles. The van der Waals surface area contributed by atoms with E-state index in [-0.39, 0.29) is 0 Å². The normalized spacial score (nSPS) is 15.0. The number of ether oxygens (including phenoxy) is 1. The molecule has 100 valence electrons. The van der Waals surface area contributed by atoms with Crippen molar-refractivity contribution in [1.82, 2.24) is 5.32 Å². The standard InChI is InChI=1S/C16H25NO/c1-13-4-5-16(10-14(13)2)11-17-8-3-9-18-12-15-6-7-15/h4-5,10,15,17H,3,6-9,11-12H2,1-2H3. The monoisotopic (exact) mass is 247 g/mol. The zero-order valence-corrected chi connectivity index (χ0v) is 11.7. The zero-order chi connectivity index (χ0) is 12.8. The first kappa shape index (κ1) is 13.6. The summed E-state index contributed by atoms with van der Waals surface area (Å²) in [6.07, 6.45) is 3.87. The number of aryl methyl sites for hydroxylation is 2. The van der Waals surface area contributed by atoms with E-state index in [1.54, 1.807) is 0 Å². The molecule has 0 unspecified atom stereocenters. The van der Waals surface area contributed by atoms with E-state index >= 15 is 0 Å². The maximum absolute atomic E-state index is 5.60. The van der Waals surface area contributed by atoms with E-state index in [2.05, 4.69) is 37.4 Å². The highest BCUT2D eigenvalue weighted by Gasteiger charge is 2.20. The second-order valence-electron chi connectivity index (χ2n) is 5.47. The molecule has 1 aliphatic rings. The SMILES string of the molecule is Cc1ccc(CNCCCOCC2CC2)cc1C. The lowest BCUT2D eigenvalue weighted by molar-refractivity contribution is 0.122. The first-order valence-electron chi connectivity index (χ1n) is 7.10. The van der Waals surface area contributed by atoms with Gasteiger partial charge in [0.1, 0.15) is 0 Å². The van der Waals surface area contributed by atoms with Crippen LogP contribution in [0.2, 0.25) is 0 Å². The maximum atomic E-state index is 5.60. The molecule has 1 aromatic rings. The quantitative estimate of drug-likeness (QED) is 0.712. The van der Waals surface area contributed by atoms with Crippen molar-refractivity contribution in [1.29, 1.82) is 0 Å². The van der Waals surface area contributed by atoms with Crippen molar-refractivity contribution in [2.45, 2.75) is 39.7 Å². The van der Waals surface area contributed by atoms with E-state index < -0.39 is 0 Å². The van der Waals surface area contributed by atoms with Gasteiger partial charge in [-0.2, -0.15) is 0 Å². The Kier molecular flexibility index (Phi) is 5.21. The third kappa shape index (κ3) is 4.79. The average Bonchev–Trinajstić information content (AvgIpc) is 3.16. The van der Waals surface area contributed by atoms with Crippen LogP contribution in [0.3, 0.4) is 0 Å². The van der Waals surface area contributed by atoms with Crippen LogP contribution in [-0.2, 0) is 11.3 Å². The third-order valence-corrected chi connectivity index (χ3v) is 3.59. The van der Waals surface area contributed by atoms with E-state index in [4.69, 9.17) is 4.74 Å². The molecule has 0 spiro atoms. The first-order chi connectivity index (χ1) is 8.75. The largest absolute Gasteiger partial charge is 0.381 e. The van der Waals surface area contributed by atoms with Gasteiger partial charge in [-0.15, -0.1) is 0 Å². The van der Waals surface area contributed by atoms with Crippen LogP contribution in [0.15, 0.2) is 18.2 Å². The van der Waals surface area contributed by atoms with Crippen LogP contribution >= 0.6 is 0 Å². The zero-order valence-electron chi connectivity index (χ0n) is 11.7. The van der Waals surface area contributed by atoms with Gasteiger partial charge in [-0.25, -0.2) is 0 Å². The number of rotatable bonds is 8. The van der Waals surface area contributed by atoms with Crippen molar-refractivity contribution in [3.8, 4) is 0 Å². The molecule has 2 nitrogen and oxygen atoms in total. The lowest BCUT2D eigenvalue weighted by Gasteiger charge is -2.07. The second kappa shape index (κ2) is 6.91. The van der Waals surface area contributed by atoms with E-state index in [1.165, 1.54) is 29.5 Å². The van der Waals surface area contributed by atoms with Gasteiger partial charge < -0.3 is 10.1 Å². The lowest BCUT2D eigenvalue weighted by Crippen LogP contribution is -2.16. The summed E-state index contributed by atoms with van der Waals surface area (Å²) in [6, 6.07) is 6.68. The molecule has 0 amide bonds. The Morgan fingerprint density at radius 3 is 2.78 bits per heavy atom. The molecular weight excluding hydrogens is 222 g/mol. The summed E-state index contributed by atoms with van der Waals surface area (Å²) in [4.78, 5) is 0. The Labute approximate surface area is 111 Å². The molecule has 1 N–H and O–H groups in total. The minimum absolute atomic E-state index is 0.883. The van der Waals surface area contributed by atoms with E-state index in [0.717, 1.165) is 38.6 Å². The van der Waals surface area contributed by atoms with Gasteiger partial charge in [0.15, 0.2) is 0 Å². The van der Waals surface area contributed by atoms with E-state index in [1.807, 2.05) is 0 Å². The highest BCUT2D eigenvalue weighted by molar-refractivity contribution is 5.29. The van der Waals surface area contributed by atoms with Gasteiger partial charge in [-0.3, -0.25) is 0 Å². The minimum Gasteiger partial charge on any atom is -0.381 e. The van der Waals surface area contributed by atoms with Gasteiger partial charge in [-0.05, 0) is 62.3 Å². The maximum Gasteiger partial charge on any atom is 0.0494 e. The van der Waals surface area contributed by atoms with Crippen LogP contribution in [0.25, 0.3) is 0 Å². The van der Waals surface area contributed by atoms with E-state index in [0.29, 0.717) is 0 Å². The summed E-state index contributed by atoms with van der Waals surface area (Å²) in [6.45, 7) is 8.21. The molecule has 1 saturated carbocycles. The van der Waals surface area contributed by atoms with Gasteiger partial charge in [0, 0.05) is 19.8 Å². The fourth-order valence-electron chi connectivity index (χ4n) is 1.98. The van der Waals surface area contributed by atoms with Crippen molar-refractivity contribution < 1.29 is 4.74 Å².